The number of benzene rings is 1. The number of rotatable bonds is 5. The van der Waals surface area contributed by atoms with Crippen LogP contribution in [0.2, 0.25) is 0 Å². The Morgan fingerprint density at radius 1 is 1.18 bits per heavy atom. The summed E-state index contributed by atoms with van der Waals surface area (Å²) in [5.74, 6) is 0.419. The van der Waals surface area contributed by atoms with Gasteiger partial charge in [0.05, 0.1) is 12.1 Å². The molecule has 3 heterocycles. The number of carbonyl (C=O) groups excluding carboxylic acids is 1. The molecule has 0 aliphatic heterocycles. The zero-order chi connectivity index (χ0) is 19.7. The van der Waals surface area contributed by atoms with E-state index in [1.54, 1.807) is 4.52 Å². The number of hydrogen-bond donors (Lipinski definition) is 1. The first-order chi connectivity index (χ1) is 13.5. The van der Waals surface area contributed by atoms with Crippen LogP contribution in [-0.4, -0.2) is 36.7 Å². The summed E-state index contributed by atoms with van der Waals surface area (Å²) >= 11 is 2.87. The van der Waals surface area contributed by atoms with E-state index in [2.05, 4.69) is 25.4 Å². The molecule has 0 spiro atoms. The molecule has 9 heteroatoms. The quantitative estimate of drug-likeness (QED) is 0.504. The first-order valence-corrected chi connectivity index (χ1v) is 10.7. The molecule has 0 bridgehead atoms. The predicted octanol–water partition coefficient (Wildman–Crippen LogP) is 3.77. The SMILES string of the molecule is CSc1nc2nc(C)c(CC(=O)Nc3nc(-c4ccccc4)cs3)c(C)n2n1. The number of aromatic nitrogens is 5. The third-order valence-corrected chi connectivity index (χ3v) is 5.67. The summed E-state index contributed by atoms with van der Waals surface area (Å²) in [7, 11) is 0. The van der Waals surface area contributed by atoms with Gasteiger partial charge in [-0.2, -0.15) is 4.98 Å². The third kappa shape index (κ3) is 3.63. The number of nitrogens with one attached hydrogen (secondary N) is 1. The minimum Gasteiger partial charge on any atom is -0.302 e. The van der Waals surface area contributed by atoms with E-state index in [-0.39, 0.29) is 12.3 Å². The minimum atomic E-state index is -0.133. The molecule has 1 aromatic carbocycles. The van der Waals surface area contributed by atoms with Gasteiger partial charge in [0.1, 0.15) is 0 Å². The predicted molar refractivity (Wildman–Crippen MR) is 112 cm³/mol. The molecule has 142 valence electrons. The van der Waals surface area contributed by atoms with Crippen molar-refractivity contribution in [3.63, 3.8) is 0 Å². The fourth-order valence-corrected chi connectivity index (χ4v) is 4.00. The van der Waals surface area contributed by atoms with Gasteiger partial charge in [-0.3, -0.25) is 4.79 Å². The molecule has 1 amide bonds. The molecule has 3 aromatic heterocycles. The highest BCUT2D eigenvalue weighted by Crippen LogP contribution is 2.25. The van der Waals surface area contributed by atoms with Crippen molar-refractivity contribution in [1.29, 1.82) is 0 Å². The molecule has 4 rings (SSSR count). The Balaban J connectivity index is 1.53. The molecule has 0 aliphatic carbocycles. The number of aryl methyl sites for hydroxylation is 2. The molecule has 28 heavy (non-hydrogen) atoms. The molecule has 0 saturated heterocycles. The van der Waals surface area contributed by atoms with Crippen molar-refractivity contribution in [2.45, 2.75) is 25.4 Å². The average molecular weight is 411 g/mol. The molecule has 1 N–H and O–H groups in total. The maximum Gasteiger partial charge on any atom is 0.253 e. The van der Waals surface area contributed by atoms with Crippen molar-refractivity contribution in [1.82, 2.24) is 24.6 Å². The van der Waals surface area contributed by atoms with E-state index in [0.29, 0.717) is 16.1 Å². The van der Waals surface area contributed by atoms with Crippen LogP contribution in [-0.2, 0) is 11.2 Å². The van der Waals surface area contributed by atoms with Gasteiger partial charge in [-0.25, -0.2) is 14.5 Å². The Hall–Kier alpha value is -2.78. The maximum atomic E-state index is 12.6. The van der Waals surface area contributed by atoms with E-state index in [9.17, 15) is 4.79 Å². The van der Waals surface area contributed by atoms with Gasteiger partial charge < -0.3 is 5.32 Å². The van der Waals surface area contributed by atoms with Gasteiger partial charge in [-0.1, -0.05) is 42.1 Å². The number of thiazole rings is 1. The number of thioether (sulfide) groups is 1. The molecular weight excluding hydrogens is 392 g/mol. The first-order valence-electron chi connectivity index (χ1n) is 8.63. The minimum absolute atomic E-state index is 0.133. The van der Waals surface area contributed by atoms with Crippen LogP contribution in [0.4, 0.5) is 5.13 Å². The topological polar surface area (TPSA) is 85.1 Å². The van der Waals surface area contributed by atoms with E-state index >= 15 is 0 Å². The van der Waals surface area contributed by atoms with E-state index in [1.165, 1.54) is 23.1 Å². The van der Waals surface area contributed by atoms with Crippen LogP contribution in [0.5, 0.6) is 0 Å². The Morgan fingerprint density at radius 3 is 2.71 bits per heavy atom. The highest BCUT2D eigenvalue weighted by atomic mass is 32.2. The van der Waals surface area contributed by atoms with E-state index in [0.717, 1.165) is 28.2 Å². The van der Waals surface area contributed by atoms with Gasteiger partial charge >= 0.3 is 0 Å². The summed E-state index contributed by atoms with van der Waals surface area (Å²) in [4.78, 5) is 26.0. The zero-order valence-corrected chi connectivity index (χ0v) is 17.3. The third-order valence-electron chi connectivity index (χ3n) is 4.37. The van der Waals surface area contributed by atoms with Crippen LogP contribution in [0.25, 0.3) is 17.0 Å². The van der Waals surface area contributed by atoms with Gasteiger partial charge in [0.2, 0.25) is 11.1 Å². The van der Waals surface area contributed by atoms with Gasteiger partial charge in [0, 0.05) is 27.9 Å². The zero-order valence-electron chi connectivity index (χ0n) is 15.6. The second kappa shape index (κ2) is 7.69. The normalized spacial score (nSPS) is 11.1. The van der Waals surface area contributed by atoms with Crippen molar-refractivity contribution in [3.8, 4) is 11.3 Å². The standard InChI is InChI=1S/C19H18N6OS2/c1-11-14(12(2)25-17(20-11)23-19(24-25)27-3)9-16(26)22-18-21-15(10-28-18)13-7-5-4-6-8-13/h4-8,10H,9H2,1-3H3,(H,21,22,26). The molecule has 0 unspecified atom stereocenters. The number of nitrogens with zero attached hydrogens (tertiary/aromatic N) is 5. The Kier molecular flexibility index (Phi) is 5.10. The molecule has 4 aromatic rings. The number of hydrogen-bond acceptors (Lipinski definition) is 7. The highest BCUT2D eigenvalue weighted by molar-refractivity contribution is 7.98. The van der Waals surface area contributed by atoms with Gasteiger partial charge in [0.25, 0.3) is 5.78 Å². The Morgan fingerprint density at radius 2 is 1.96 bits per heavy atom. The lowest BCUT2D eigenvalue weighted by Gasteiger charge is -2.09. The molecule has 0 saturated carbocycles. The Bertz CT molecular complexity index is 1150. The number of fused-ring (bicyclic) bond motifs is 1. The lowest BCUT2D eigenvalue weighted by atomic mass is 10.1. The molecule has 0 fully saturated rings. The second-order valence-corrected chi connectivity index (χ2v) is 7.83. The van der Waals surface area contributed by atoms with Gasteiger partial charge in [0.15, 0.2) is 5.13 Å². The summed E-state index contributed by atoms with van der Waals surface area (Å²) in [5.41, 5.74) is 4.38. The summed E-state index contributed by atoms with van der Waals surface area (Å²) in [5, 5.41) is 10.5. The molecular formula is C19H18N6OS2. The van der Waals surface area contributed by atoms with Gasteiger partial charge in [-0.05, 0) is 20.1 Å². The lowest BCUT2D eigenvalue weighted by molar-refractivity contribution is -0.115. The van der Waals surface area contributed by atoms with Crippen molar-refractivity contribution in [2.24, 2.45) is 0 Å². The van der Waals surface area contributed by atoms with E-state index in [1.807, 2.05) is 55.8 Å². The van der Waals surface area contributed by atoms with Crippen molar-refractivity contribution in [2.75, 3.05) is 11.6 Å². The molecule has 0 radical (unpaired) electrons. The fourth-order valence-electron chi connectivity index (χ4n) is 2.93. The van der Waals surface area contributed by atoms with Crippen LogP contribution in [0.15, 0.2) is 40.9 Å². The second-order valence-electron chi connectivity index (χ2n) is 6.20. The number of carbonyl (C=O) groups is 1. The van der Waals surface area contributed by atoms with Gasteiger partial charge in [-0.15, -0.1) is 16.4 Å². The lowest BCUT2D eigenvalue weighted by Crippen LogP contribution is -2.17. The van der Waals surface area contributed by atoms with E-state index < -0.39 is 0 Å². The van der Waals surface area contributed by atoms with Crippen molar-refractivity contribution < 1.29 is 4.79 Å². The van der Waals surface area contributed by atoms with Crippen molar-refractivity contribution >= 4 is 39.9 Å². The van der Waals surface area contributed by atoms with Crippen LogP contribution < -0.4 is 5.32 Å². The smallest absolute Gasteiger partial charge is 0.253 e. The highest BCUT2D eigenvalue weighted by Gasteiger charge is 2.17. The summed E-state index contributed by atoms with van der Waals surface area (Å²) < 4.78 is 1.69. The number of amides is 1. The maximum absolute atomic E-state index is 12.6. The number of anilines is 1. The van der Waals surface area contributed by atoms with Crippen LogP contribution in [0.1, 0.15) is 17.0 Å². The molecule has 0 atom stereocenters. The largest absolute Gasteiger partial charge is 0.302 e. The first kappa shape index (κ1) is 18.6. The van der Waals surface area contributed by atoms with E-state index in [4.69, 9.17) is 0 Å². The molecule has 7 nitrogen and oxygen atoms in total. The summed E-state index contributed by atoms with van der Waals surface area (Å²) in [6.07, 6.45) is 2.12. The van der Waals surface area contributed by atoms with Crippen molar-refractivity contribution in [3.05, 3.63) is 52.7 Å². The summed E-state index contributed by atoms with van der Waals surface area (Å²) in [6.45, 7) is 3.82. The van der Waals surface area contributed by atoms with Crippen LogP contribution >= 0.6 is 23.1 Å². The average Bonchev–Trinajstić information content (AvgIpc) is 3.33. The van der Waals surface area contributed by atoms with Crippen LogP contribution in [0, 0.1) is 13.8 Å². The molecule has 0 aliphatic rings. The Labute approximate surface area is 170 Å². The van der Waals surface area contributed by atoms with Crippen LogP contribution in [0.3, 0.4) is 0 Å². The fraction of sp³-hybridized carbons (Fsp3) is 0.211. The monoisotopic (exact) mass is 410 g/mol. The summed E-state index contributed by atoms with van der Waals surface area (Å²) in [6, 6.07) is 9.89.